The molecule has 0 aliphatic rings. The van der Waals surface area contributed by atoms with Gasteiger partial charge >= 0.3 is 0 Å². The summed E-state index contributed by atoms with van der Waals surface area (Å²) >= 11 is 0. The average Bonchev–Trinajstić information content (AvgIpc) is 2.48. The lowest BCUT2D eigenvalue weighted by molar-refractivity contribution is -0.117. The van der Waals surface area contributed by atoms with E-state index in [9.17, 15) is 4.79 Å². The van der Waals surface area contributed by atoms with Gasteiger partial charge in [0, 0.05) is 11.6 Å². The fraction of sp³-hybridized carbons (Fsp3) is 0.412. The van der Waals surface area contributed by atoms with Crippen molar-refractivity contribution in [2.75, 3.05) is 25.0 Å². The van der Waals surface area contributed by atoms with Gasteiger partial charge in [-0.05, 0) is 38.1 Å². The molecule has 0 aliphatic carbocycles. The average molecular weight is 285 g/mol. The van der Waals surface area contributed by atoms with E-state index >= 15 is 0 Å². The van der Waals surface area contributed by atoms with E-state index in [0.29, 0.717) is 6.54 Å². The van der Waals surface area contributed by atoms with Crippen molar-refractivity contribution in [2.24, 2.45) is 0 Å². The highest BCUT2D eigenvalue weighted by molar-refractivity contribution is 6.00. The van der Waals surface area contributed by atoms with Crippen LogP contribution in [0.5, 0.6) is 0 Å². The molecule has 0 atom stereocenters. The SMILES string of the molecule is CCCN(CCC)CC(=O)Nc1cccc2cccnc12. The third kappa shape index (κ3) is 4.26. The first kappa shape index (κ1) is 15.4. The van der Waals surface area contributed by atoms with Crippen molar-refractivity contribution in [1.82, 2.24) is 9.88 Å². The van der Waals surface area contributed by atoms with Crippen molar-refractivity contribution in [3.05, 3.63) is 36.5 Å². The van der Waals surface area contributed by atoms with E-state index in [1.165, 1.54) is 0 Å². The van der Waals surface area contributed by atoms with Gasteiger partial charge in [0.1, 0.15) is 0 Å². The van der Waals surface area contributed by atoms with E-state index in [4.69, 9.17) is 0 Å². The van der Waals surface area contributed by atoms with E-state index in [1.54, 1.807) is 6.20 Å². The van der Waals surface area contributed by atoms with Gasteiger partial charge in [-0.2, -0.15) is 0 Å². The van der Waals surface area contributed by atoms with E-state index in [0.717, 1.165) is 42.5 Å². The number of carbonyl (C=O) groups excluding carboxylic acids is 1. The molecule has 4 heteroatoms. The van der Waals surface area contributed by atoms with Crippen LogP contribution in [-0.4, -0.2) is 35.4 Å². The number of carbonyl (C=O) groups is 1. The van der Waals surface area contributed by atoms with Crippen molar-refractivity contribution in [3.8, 4) is 0 Å². The number of para-hydroxylation sites is 1. The first-order valence-electron chi connectivity index (χ1n) is 7.60. The summed E-state index contributed by atoms with van der Waals surface area (Å²) in [5.74, 6) is 0.0232. The van der Waals surface area contributed by atoms with Gasteiger partial charge in [-0.1, -0.05) is 32.0 Å². The quantitative estimate of drug-likeness (QED) is 0.849. The van der Waals surface area contributed by atoms with Crippen molar-refractivity contribution < 1.29 is 4.79 Å². The van der Waals surface area contributed by atoms with Crippen molar-refractivity contribution in [2.45, 2.75) is 26.7 Å². The maximum absolute atomic E-state index is 12.2. The van der Waals surface area contributed by atoms with Crippen LogP contribution in [0.1, 0.15) is 26.7 Å². The third-order valence-electron chi connectivity index (χ3n) is 3.35. The normalized spacial score (nSPS) is 11.0. The lowest BCUT2D eigenvalue weighted by Gasteiger charge is -2.20. The van der Waals surface area contributed by atoms with Crippen LogP contribution < -0.4 is 5.32 Å². The Bertz CT molecular complexity index is 586. The molecule has 21 heavy (non-hydrogen) atoms. The van der Waals surface area contributed by atoms with Crippen LogP contribution in [0.15, 0.2) is 36.5 Å². The molecule has 0 saturated carbocycles. The highest BCUT2D eigenvalue weighted by atomic mass is 16.2. The number of nitrogens with zero attached hydrogens (tertiary/aromatic N) is 2. The lowest BCUT2D eigenvalue weighted by atomic mass is 10.2. The lowest BCUT2D eigenvalue weighted by Crippen LogP contribution is -2.34. The van der Waals surface area contributed by atoms with Gasteiger partial charge in [0.2, 0.25) is 5.91 Å². The summed E-state index contributed by atoms with van der Waals surface area (Å²) in [4.78, 5) is 18.8. The van der Waals surface area contributed by atoms with Crippen molar-refractivity contribution in [1.29, 1.82) is 0 Å². The van der Waals surface area contributed by atoms with Crippen molar-refractivity contribution >= 4 is 22.5 Å². The summed E-state index contributed by atoms with van der Waals surface area (Å²) in [5, 5.41) is 4.03. The highest BCUT2D eigenvalue weighted by Crippen LogP contribution is 2.20. The number of pyridine rings is 1. The minimum Gasteiger partial charge on any atom is -0.323 e. The smallest absolute Gasteiger partial charge is 0.238 e. The molecule has 0 aliphatic heterocycles. The Morgan fingerprint density at radius 3 is 2.57 bits per heavy atom. The molecule has 1 amide bonds. The Balaban J connectivity index is 2.07. The molecule has 1 aromatic heterocycles. The molecule has 0 spiro atoms. The Hall–Kier alpha value is -1.94. The first-order chi connectivity index (χ1) is 10.2. The molecule has 0 fully saturated rings. The number of rotatable bonds is 7. The minimum atomic E-state index is 0.0232. The summed E-state index contributed by atoms with van der Waals surface area (Å²) in [6, 6.07) is 9.74. The van der Waals surface area contributed by atoms with E-state index in [2.05, 4.69) is 29.0 Å². The maximum Gasteiger partial charge on any atom is 0.238 e. The summed E-state index contributed by atoms with van der Waals surface area (Å²) in [7, 11) is 0. The molecular weight excluding hydrogens is 262 g/mol. The third-order valence-corrected chi connectivity index (χ3v) is 3.35. The number of amides is 1. The fourth-order valence-corrected chi connectivity index (χ4v) is 2.50. The zero-order valence-corrected chi connectivity index (χ0v) is 12.8. The predicted molar refractivity (Wildman–Crippen MR) is 87.4 cm³/mol. The van der Waals surface area contributed by atoms with Crippen LogP contribution in [0.25, 0.3) is 10.9 Å². The van der Waals surface area contributed by atoms with Gasteiger partial charge in [-0.15, -0.1) is 0 Å². The van der Waals surface area contributed by atoms with Crippen LogP contribution in [0.2, 0.25) is 0 Å². The van der Waals surface area contributed by atoms with Gasteiger partial charge in [0.15, 0.2) is 0 Å². The highest BCUT2D eigenvalue weighted by Gasteiger charge is 2.11. The summed E-state index contributed by atoms with van der Waals surface area (Å²) in [5.41, 5.74) is 1.62. The second-order valence-corrected chi connectivity index (χ2v) is 5.21. The molecular formula is C17H23N3O. The number of hydrogen-bond donors (Lipinski definition) is 1. The molecule has 2 rings (SSSR count). The Kier molecular flexibility index (Phi) is 5.69. The van der Waals surface area contributed by atoms with E-state index in [-0.39, 0.29) is 5.91 Å². The van der Waals surface area contributed by atoms with E-state index in [1.807, 2.05) is 30.3 Å². The molecule has 1 N–H and O–H groups in total. The van der Waals surface area contributed by atoms with Crippen LogP contribution >= 0.6 is 0 Å². The van der Waals surface area contributed by atoms with Gasteiger partial charge in [-0.3, -0.25) is 14.7 Å². The minimum absolute atomic E-state index is 0.0232. The second kappa shape index (κ2) is 7.74. The molecule has 0 radical (unpaired) electrons. The van der Waals surface area contributed by atoms with Crippen LogP contribution in [0.4, 0.5) is 5.69 Å². The molecule has 2 aromatic rings. The Morgan fingerprint density at radius 2 is 1.86 bits per heavy atom. The number of aromatic nitrogens is 1. The van der Waals surface area contributed by atoms with Crippen molar-refractivity contribution in [3.63, 3.8) is 0 Å². The molecule has 0 saturated heterocycles. The number of hydrogen-bond acceptors (Lipinski definition) is 3. The number of fused-ring (bicyclic) bond motifs is 1. The van der Waals surface area contributed by atoms with Gasteiger partial charge < -0.3 is 5.32 Å². The number of nitrogens with one attached hydrogen (secondary N) is 1. The molecule has 1 heterocycles. The molecule has 4 nitrogen and oxygen atoms in total. The molecule has 1 aromatic carbocycles. The largest absolute Gasteiger partial charge is 0.323 e. The van der Waals surface area contributed by atoms with Gasteiger partial charge in [-0.25, -0.2) is 0 Å². The number of benzene rings is 1. The fourth-order valence-electron chi connectivity index (χ4n) is 2.50. The van der Waals surface area contributed by atoms with Gasteiger partial charge in [0.25, 0.3) is 0 Å². The summed E-state index contributed by atoms with van der Waals surface area (Å²) in [6.07, 6.45) is 3.87. The molecule has 0 bridgehead atoms. The van der Waals surface area contributed by atoms with Gasteiger partial charge in [0.05, 0.1) is 17.7 Å². The molecule has 0 unspecified atom stereocenters. The Morgan fingerprint density at radius 1 is 1.14 bits per heavy atom. The topological polar surface area (TPSA) is 45.2 Å². The van der Waals surface area contributed by atoms with E-state index < -0.39 is 0 Å². The standard InChI is InChI=1S/C17H23N3O/c1-3-11-20(12-4-2)13-16(21)19-15-9-5-7-14-8-6-10-18-17(14)15/h5-10H,3-4,11-13H2,1-2H3,(H,19,21). The second-order valence-electron chi connectivity index (χ2n) is 5.21. The van der Waals surface area contributed by atoms with Crippen LogP contribution in [0, 0.1) is 0 Å². The predicted octanol–water partition coefficient (Wildman–Crippen LogP) is 3.30. The molecule has 112 valence electrons. The summed E-state index contributed by atoms with van der Waals surface area (Å²) < 4.78 is 0. The zero-order chi connectivity index (χ0) is 15.1. The Labute approximate surface area is 126 Å². The number of anilines is 1. The maximum atomic E-state index is 12.2. The van der Waals surface area contributed by atoms with Crippen LogP contribution in [-0.2, 0) is 4.79 Å². The first-order valence-corrected chi connectivity index (χ1v) is 7.60. The zero-order valence-electron chi connectivity index (χ0n) is 12.8. The monoisotopic (exact) mass is 285 g/mol. The summed E-state index contributed by atoms with van der Waals surface area (Å²) in [6.45, 7) is 6.61. The van der Waals surface area contributed by atoms with Crippen LogP contribution in [0.3, 0.4) is 0 Å².